The number of benzene rings is 3. The first-order valence-electron chi connectivity index (χ1n) is 13.5. The van der Waals surface area contributed by atoms with Gasteiger partial charge in [-0.1, -0.05) is 84.5 Å². The average molecular weight is 693 g/mol. The molecule has 0 radical (unpaired) electrons. The molecule has 0 heterocycles. The zero-order valence-corrected chi connectivity index (χ0v) is 27.0. The van der Waals surface area contributed by atoms with Crippen LogP contribution in [0.1, 0.15) is 36.5 Å². The predicted octanol–water partition coefficient (Wildman–Crippen LogP) is 6.99. The Morgan fingerprint density at radius 3 is 2.16 bits per heavy atom. The van der Waals surface area contributed by atoms with Crippen LogP contribution in [-0.4, -0.2) is 50.5 Å². The van der Waals surface area contributed by atoms with Crippen LogP contribution in [0, 0.1) is 0 Å². The van der Waals surface area contributed by atoms with Crippen molar-refractivity contribution in [2.24, 2.45) is 0 Å². The van der Waals surface area contributed by atoms with E-state index in [0.717, 1.165) is 30.4 Å². The molecular formula is C30H31Cl3F3N3O4S. The van der Waals surface area contributed by atoms with E-state index >= 15 is 0 Å². The van der Waals surface area contributed by atoms with Gasteiger partial charge in [0, 0.05) is 19.5 Å². The minimum atomic E-state index is -4.88. The molecule has 0 bridgehead atoms. The predicted molar refractivity (Wildman–Crippen MR) is 168 cm³/mol. The van der Waals surface area contributed by atoms with Crippen LogP contribution < -0.4 is 9.62 Å². The third-order valence-electron chi connectivity index (χ3n) is 6.66. The summed E-state index contributed by atoms with van der Waals surface area (Å²) >= 11 is 18.0. The van der Waals surface area contributed by atoms with Gasteiger partial charge in [0.15, 0.2) is 0 Å². The normalized spacial score (nSPS) is 12.5. The standard InChI is InChI=1S/C30H31Cl3F3N3O4S/c1-3-4-14-37-29(41)27(16-20-8-6-5-7-9-20)38(18-21-10-12-25(32)26(33)15-21)28(40)19-39(44(2,42)43)22-11-13-24(31)23(17-22)30(34,35)36/h5-13,15,17,27H,3-4,14,16,18-19H2,1-2H3,(H,37,41)/t27-/m1/s1. The Bertz CT molecular complexity index is 1570. The summed E-state index contributed by atoms with van der Waals surface area (Å²) in [5, 5.41) is 2.67. The number of hydrogen-bond donors (Lipinski definition) is 1. The van der Waals surface area contributed by atoms with Crippen LogP contribution in [0.4, 0.5) is 18.9 Å². The number of hydrogen-bond acceptors (Lipinski definition) is 4. The first-order valence-corrected chi connectivity index (χ1v) is 16.5. The monoisotopic (exact) mass is 691 g/mol. The lowest BCUT2D eigenvalue weighted by Crippen LogP contribution is -2.53. The second-order valence-electron chi connectivity index (χ2n) is 10.1. The first kappa shape index (κ1) is 35.5. The molecule has 0 spiro atoms. The molecular weight excluding hydrogens is 662 g/mol. The van der Waals surface area contributed by atoms with E-state index in [1.807, 2.05) is 6.92 Å². The van der Waals surface area contributed by atoms with E-state index in [-0.39, 0.29) is 23.0 Å². The molecule has 1 atom stereocenters. The third kappa shape index (κ3) is 9.76. The van der Waals surface area contributed by atoms with Gasteiger partial charge < -0.3 is 10.2 Å². The summed E-state index contributed by atoms with van der Waals surface area (Å²) in [6.45, 7) is 1.22. The van der Waals surface area contributed by atoms with Crippen molar-refractivity contribution in [1.82, 2.24) is 10.2 Å². The molecule has 44 heavy (non-hydrogen) atoms. The summed E-state index contributed by atoms with van der Waals surface area (Å²) < 4.78 is 67.2. The molecule has 0 aliphatic rings. The quantitative estimate of drug-likeness (QED) is 0.196. The number of carbonyl (C=O) groups excluding carboxylic acids is 2. The number of nitrogens with zero attached hydrogens (tertiary/aromatic N) is 2. The SMILES string of the molecule is CCCCNC(=O)[C@@H](Cc1ccccc1)N(Cc1ccc(Cl)c(Cl)c1)C(=O)CN(c1ccc(Cl)c(C(F)(F)F)c1)S(C)(=O)=O. The van der Waals surface area contributed by atoms with Gasteiger partial charge in [0.1, 0.15) is 12.6 Å². The second-order valence-corrected chi connectivity index (χ2v) is 13.2. The van der Waals surface area contributed by atoms with Crippen molar-refractivity contribution in [2.75, 3.05) is 23.7 Å². The lowest BCUT2D eigenvalue weighted by molar-refractivity contribution is -0.140. The first-order chi connectivity index (χ1) is 20.6. The molecule has 1 N–H and O–H groups in total. The van der Waals surface area contributed by atoms with Crippen molar-refractivity contribution < 1.29 is 31.2 Å². The molecule has 0 saturated heterocycles. The molecule has 3 rings (SSSR count). The average Bonchev–Trinajstić information content (AvgIpc) is 2.95. The number of carbonyl (C=O) groups is 2. The number of rotatable bonds is 13. The molecule has 0 unspecified atom stereocenters. The van der Waals surface area contributed by atoms with Crippen LogP contribution in [-0.2, 0) is 38.8 Å². The van der Waals surface area contributed by atoms with Crippen molar-refractivity contribution in [3.05, 3.63) is 98.5 Å². The van der Waals surface area contributed by atoms with Crippen LogP contribution >= 0.6 is 34.8 Å². The summed E-state index contributed by atoms with van der Waals surface area (Å²) in [7, 11) is -4.29. The van der Waals surface area contributed by atoms with E-state index in [1.165, 1.54) is 17.0 Å². The number of unbranched alkanes of at least 4 members (excludes halogenated alkanes) is 1. The molecule has 14 heteroatoms. The van der Waals surface area contributed by atoms with Crippen LogP contribution in [0.5, 0.6) is 0 Å². The summed E-state index contributed by atoms with van der Waals surface area (Å²) in [6.07, 6.45) is -2.55. The smallest absolute Gasteiger partial charge is 0.354 e. The van der Waals surface area contributed by atoms with E-state index in [1.54, 1.807) is 36.4 Å². The van der Waals surface area contributed by atoms with Crippen molar-refractivity contribution >= 4 is 62.3 Å². The van der Waals surface area contributed by atoms with E-state index in [9.17, 15) is 31.2 Å². The minimum absolute atomic E-state index is 0.0733. The van der Waals surface area contributed by atoms with Crippen LogP contribution in [0.2, 0.25) is 15.1 Å². The fourth-order valence-corrected chi connectivity index (χ4v) is 5.78. The minimum Gasteiger partial charge on any atom is -0.354 e. The Morgan fingerprint density at radius 1 is 0.909 bits per heavy atom. The Hall–Kier alpha value is -2.99. The third-order valence-corrected chi connectivity index (χ3v) is 8.87. The topological polar surface area (TPSA) is 86.8 Å². The second kappa shape index (κ2) is 15.3. The van der Waals surface area contributed by atoms with Gasteiger partial charge in [-0.3, -0.25) is 13.9 Å². The van der Waals surface area contributed by atoms with E-state index in [2.05, 4.69) is 5.32 Å². The fraction of sp³-hybridized carbons (Fsp3) is 0.333. The largest absolute Gasteiger partial charge is 0.417 e. The Morgan fingerprint density at radius 2 is 1.57 bits per heavy atom. The van der Waals surface area contributed by atoms with Gasteiger partial charge in [-0.05, 0) is 47.9 Å². The van der Waals surface area contributed by atoms with Crippen LogP contribution in [0.25, 0.3) is 0 Å². The fourth-order valence-electron chi connectivity index (χ4n) is 4.39. The molecule has 3 aromatic carbocycles. The van der Waals surface area contributed by atoms with Gasteiger partial charge in [-0.2, -0.15) is 13.2 Å². The van der Waals surface area contributed by atoms with Gasteiger partial charge in [0.2, 0.25) is 21.8 Å². The summed E-state index contributed by atoms with van der Waals surface area (Å²) in [5.41, 5.74) is -0.465. The molecule has 7 nitrogen and oxygen atoms in total. The molecule has 2 amide bonds. The highest BCUT2D eigenvalue weighted by atomic mass is 35.5. The maximum absolute atomic E-state index is 14.1. The van der Waals surface area contributed by atoms with Crippen LogP contribution in [0.3, 0.4) is 0 Å². The maximum atomic E-state index is 14.1. The zero-order valence-electron chi connectivity index (χ0n) is 23.9. The Labute approximate surface area is 269 Å². The van der Waals surface area contributed by atoms with Gasteiger partial charge in [-0.25, -0.2) is 8.42 Å². The summed E-state index contributed by atoms with van der Waals surface area (Å²) in [5.74, 6) is -1.32. The highest BCUT2D eigenvalue weighted by Crippen LogP contribution is 2.37. The Balaban J connectivity index is 2.10. The van der Waals surface area contributed by atoms with Gasteiger partial charge >= 0.3 is 6.18 Å². The van der Waals surface area contributed by atoms with Crippen LogP contribution in [0.15, 0.2) is 66.7 Å². The summed E-state index contributed by atoms with van der Waals surface area (Å²) in [4.78, 5) is 28.9. The number of halogens is 6. The number of amides is 2. The summed E-state index contributed by atoms with van der Waals surface area (Å²) in [6, 6.07) is 15.0. The molecule has 3 aromatic rings. The van der Waals surface area contributed by atoms with Gasteiger partial charge in [-0.15, -0.1) is 0 Å². The Kier molecular flexibility index (Phi) is 12.4. The van der Waals surface area contributed by atoms with Gasteiger partial charge in [0.25, 0.3) is 0 Å². The molecule has 0 saturated carbocycles. The molecule has 238 valence electrons. The lowest BCUT2D eigenvalue weighted by atomic mass is 10.0. The number of sulfonamides is 1. The van der Waals surface area contributed by atoms with Crippen molar-refractivity contribution in [1.29, 1.82) is 0 Å². The van der Waals surface area contributed by atoms with Crippen molar-refractivity contribution in [3.63, 3.8) is 0 Å². The number of nitrogens with one attached hydrogen (secondary N) is 1. The molecule has 0 fully saturated rings. The van der Waals surface area contributed by atoms with E-state index in [0.29, 0.717) is 28.9 Å². The molecule has 0 aromatic heterocycles. The highest BCUT2D eigenvalue weighted by Gasteiger charge is 2.36. The van der Waals surface area contributed by atoms with E-state index < -0.39 is 56.9 Å². The van der Waals surface area contributed by atoms with Gasteiger partial charge in [0.05, 0.1) is 32.6 Å². The number of anilines is 1. The lowest BCUT2D eigenvalue weighted by Gasteiger charge is -2.33. The van der Waals surface area contributed by atoms with Crippen molar-refractivity contribution in [3.8, 4) is 0 Å². The zero-order chi connectivity index (χ0) is 32.7. The number of alkyl halides is 3. The molecule has 0 aliphatic carbocycles. The molecule has 0 aliphatic heterocycles. The van der Waals surface area contributed by atoms with E-state index in [4.69, 9.17) is 34.8 Å². The highest BCUT2D eigenvalue weighted by molar-refractivity contribution is 7.92. The van der Waals surface area contributed by atoms with Crippen molar-refractivity contribution in [2.45, 2.75) is 44.9 Å². The maximum Gasteiger partial charge on any atom is 0.417 e.